The molecule has 2 heterocycles. The first-order valence-electron chi connectivity index (χ1n) is 9.30. The molecule has 0 aliphatic carbocycles. The monoisotopic (exact) mass is 379 g/mol. The number of rotatable bonds is 9. The lowest BCUT2D eigenvalue weighted by atomic mass is 10.1. The summed E-state index contributed by atoms with van der Waals surface area (Å²) in [6.07, 6.45) is 9.59. The summed E-state index contributed by atoms with van der Waals surface area (Å²) in [4.78, 5) is 20.6. The molecule has 0 saturated heterocycles. The Labute approximate surface area is 164 Å². The first-order chi connectivity index (χ1) is 13.7. The highest BCUT2D eigenvalue weighted by atomic mass is 16.1. The minimum absolute atomic E-state index is 0.239. The van der Waals surface area contributed by atoms with E-state index in [1.807, 2.05) is 0 Å². The summed E-state index contributed by atoms with van der Waals surface area (Å²) in [5.41, 5.74) is 8.87. The van der Waals surface area contributed by atoms with Crippen LogP contribution in [0.2, 0.25) is 0 Å². The number of aryl methyl sites for hydroxylation is 1. The molecule has 28 heavy (non-hydrogen) atoms. The third-order valence-electron chi connectivity index (χ3n) is 4.30. The summed E-state index contributed by atoms with van der Waals surface area (Å²) < 4.78 is 1.80. The molecule has 0 aliphatic rings. The highest BCUT2D eigenvalue weighted by Gasteiger charge is 2.14. The Balaban J connectivity index is 1.63. The van der Waals surface area contributed by atoms with Gasteiger partial charge in [-0.3, -0.25) is 9.48 Å². The lowest BCUT2D eigenvalue weighted by Gasteiger charge is -2.06. The minimum atomic E-state index is -0.334. The molecular weight excluding hydrogens is 354 g/mol. The second kappa shape index (κ2) is 9.61. The van der Waals surface area contributed by atoms with Gasteiger partial charge < -0.3 is 16.4 Å². The van der Waals surface area contributed by atoms with Crippen molar-refractivity contribution < 1.29 is 4.79 Å². The number of amides is 1. The lowest BCUT2D eigenvalue weighted by Crippen LogP contribution is -2.16. The van der Waals surface area contributed by atoms with Gasteiger partial charge in [0.05, 0.1) is 18.4 Å². The molecule has 8 heteroatoms. The van der Waals surface area contributed by atoms with Crippen molar-refractivity contribution in [1.29, 1.82) is 0 Å². The molecule has 0 saturated carbocycles. The molecular formula is C20H25N7O. The van der Waals surface area contributed by atoms with Gasteiger partial charge in [0.1, 0.15) is 0 Å². The Kier molecular flexibility index (Phi) is 6.69. The summed E-state index contributed by atoms with van der Waals surface area (Å²) in [7, 11) is 1.70. The number of aromatic nitrogens is 4. The number of nitrogens with one attached hydrogen (secondary N) is 2. The Hall–Kier alpha value is -3.26. The second-order valence-electron chi connectivity index (χ2n) is 6.45. The van der Waals surface area contributed by atoms with Crippen LogP contribution in [-0.4, -0.2) is 39.2 Å². The van der Waals surface area contributed by atoms with Crippen molar-refractivity contribution in [2.45, 2.75) is 25.8 Å². The summed E-state index contributed by atoms with van der Waals surface area (Å²) in [6.45, 7) is 1.36. The van der Waals surface area contributed by atoms with E-state index in [9.17, 15) is 4.79 Å². The summed E-state index contributed by atoms with van der Waals surface area (Å²) in [5, 5.41) is 10.0. The van der Waals surface area contributed by atoms with Gasteiger partial charge in [-0.05, 0) is 36.9 Å². The third kappa shape index (κ3) is 5.14. The van der Waals surface area contributed by atoms with Crippen molar-refractivity contribution in [3.05, 3.63) is 65.9 Å². The number of hydrogen-bond acceptors (Lipinski definition) is 6. The van der Waals surface area contributed by atoms with E-state index in [2.05, 4.69) is 50.0 Å². The summed E-state index contributed by atoms with van der Waals surface area (Å²) in [5.74, 6) is 0.0951. The van der Waals surface area contributed by atoms with Gasteiger partial charge in [0.2, 0.25) is 0 Å². The van der Waals surface area contributed by atoms with E-state index in [-0.39, 0.29) is 11.6 Å². The van der Waals surface area contributed by atoms with Crippen molar-refractivity contribution in [1.82, 2.24) is 19.7 Å². The fourth-order valence-electron chi connectivity index (χ4n) is 2.94. The quantitative estimate of drug-likeness (QED) is 0.492. The second-order valence-corrected chi connectivity index (χ2v) is 6.45. The van der Waals surface area contributed by atoms with Gasteiger partial charge in [0, 0.05) is 25.6 Å². The molecule has 0 bridgehead atoms. The molecule has 2 aromatic heterocycles. The number of unbranched alkanes of at least 4 members (excludes halogenated alkanes) is 1. The first-order valence-corrected chi connectivity index (χ1v) is 9.30. The van der Waals surface area contributed by atoms with Gasteiger partial charge in [-0.25, -0.2) is 9.97 Å². The van der Waals surface area contributed by atoms with Gasteiger partial charge in [-0.2, -0.15) is 5.10 Å². The van der Waals surface area contributed by atoms with E-state index < -0.39 is 0 Å². The number of carbonyl (C=O) groups excluding carboxylic acids is 1. The van der Waals surface area contributed by atoms with Crippen LogP contribution in [0.4, 0.5) is 11.5 Å². The maximum Gasteiger partial charge on any atom is 0.278 e. The normalized spacial score (nSPS) is 10.6. The van der Waals surface area contributed by atoms with E-state index in [0.717, 1.165) is 31.4 Å². The van der Waals surface area contributed by atoms with Crippen molar-refractivity contribution in [3.63, 3.8) is 0 Å². The molecule has 0 fully saturated rings. The third-order valence-corrected chi connectivity index (χ3v) is 4.30. The number of nitrogens with zero attached hydrogens (tertiary/aromatic N) is 4. The molecule has 0 radical (unpaired) electrons. The van der Waals surface area contributed by atoms with Crippen molar-refractivity contribution in [2.75, 3.05) is 24.2 Å². The topological polar surface area (TPSA) is 111 Å². The van der Waals surface area contributed by atoms with E-state index >= 15 is 0 Å². The van der Waals surface area contributed by atoms with Crippen LogP contribution >= 0.6 is 0 Å². The fraction of sp³-hybridized carbons (Fsp3) is 0.300. The minimum Gasteiger partial charge on any atom is -0.371 e. The standard InChI is InChI=1S/C20H25N7O/c1-22-19-18(23-9-10-24-19)20(28)26-17-12-25-27(14-17)13-16-7-4-6-15(11-16)5-2-3-8-21/h4,6-7,9-12,14H,2-3,5,8,13,21H2,1H3,(H,22,24)(H,26,28). The molecule has 3 rings (SSSR count). The average Bonchev–Trinajstić information content (AvgIpc) is 3.15. The van der Waals surface area contributed by atoms with E-state index in [4.69, 9.17) is 5.73 Å². The zero-order valence-corrected chi connectivity index (χ0v) is 15.9. The van der Waals surface area contributed by atoms with E-state index in [1.165, 1.54) is 18.0 Å². The van der Waals surface area contributed by atoms with Crippen LogP contribution in [0.3, 0.4) is 0 Å². The van der Waals surface area contributed by atoms with Gasteiger partial charge in [0.15, 0.2) is 11.5 Å². The van der Waals surface area contributed by atoms with Crippen molar-refractivity contribution >= 4 is 17.4 Å². The first kappa shape index (κ1) is 19.5. The fourth-order valence-corrected chi connectivity index (χ4v) is 2.94. The smallest absolute Gasteiger partial charge is 0.278 e. The zero-order valence-electron chi connectivity index (χ0n) is 15.9. The molecule has 0 unspecified atom stereocenters. The molecule has 1 aromatic carbocycles. The average molecular weight is 379 g/mol. The molecule has 146 valence electrons. The Morgan fingerprint density at radius 1 is 1.18 bits per heavy atom. The number of benzene rings is 1. The van der Waals surface area contributed by atoms with Crippen LogP contribution in [0, 0.1) is 0 Å². The van der Waals surface area contributed by atoms with E-state index in [0.29, 0.717) is 18.1 Å². The molecule has 3 aromatic rings. The van der Waals surface area contributed by atoms with Crippen LogP contribution < -0.4 is 16.4 Å². The van der Waals surface area contributed by atoms with Crippen LogP contribution in [0.15, 0.2) is 49.1 Å². The largest absolute Gasteiger partial charge is 0.371 e. The maximum absolute atomic E-state index is 12.4. The van der Waals surface area contributed by atoms with Gasteiger partial charge in [-0.15, -0.1) is 0 Å². The van der Waals surface area contributed by atoms with Gasteiger partial charge >= 0.3 is 0 Å². The van der Waals surface area contributed by atoms with Crippen LogP contribution in [0.25, 0.3) is 0 Å². The molecule has 1 amide bonds. The summed E-state index contributed by atoms with van der Waals surface area (Å²) >= 11 is 0. The van der Waals surface area contributed by atoms with Crippen molar-refractivity contribution in [3.8, 4) is 0 Å². The highest BCUT2D eigenvalue weighted by molar-refractivity contribution is 6.05. The summed E-state index contributed by atoms with van der Waals surface area (Å²) in [6, 6.07) is 8.46. The van der Waals surface area contributed by atoms with Crippen LogP contribution in [0.1, 0.15) is 34.5 Å². The maximum atomic E-state index is 12.4. The predicted molar refractivity (Wildman–Crippen MR) is 109 cm³/mol. The van der Waals surface area contributed by atoms with Crippen molar-refractivity contribution in [2.24, 2.45) is 5.73 Å². The van der Waals surface area contributed by atoms with E-state index in [1.54, 1.807) is 24.1 Å². The molecule has 8 nitrogen and oxygen atoms in total. The number of hydrogen-bond donors (Lipinski definition) is 3. The Morgan fingerprint density at radius 3 is 2.82 bits per heavy atom. The highest BCUT2D eigenvalue weighted by Crippen LogP contribution is 2.14. The number of anilines is 2. The SMILES string of the molecule is CNc1nccnc1C(=O)Nc1cnn(Cc2cccc(CCCCN)c2)c1. The van der Waals surface area contributed by atoms with Gasteiger partial charge in [-0.1, -0.05) is 24.3 Å². The Morgan fingerprint density at radius 2 is 2.00 bits per heavy atom. The molecule has 0 atom stereocenters. The van der Waals surface area contributed by atoms with Gasteiger partial charge in [0.25, 0.3) is 5.91 Å². The molecule has 0 spiro atoms. The predicted octanol–water partition coefficient (Wildman–Crippen LogP) is 2.30. The lowest BCUT2D eigenvalue weighted by molar-refractivity contribution is 0.102. The molecule has 4 N–H and O–H groups in total. The Bertz CT molecular complexity index is 922. The zero-order chi connectivity index (χ0) is 19.8. The van der Waals surface area contributed by atoms with Crippen LogP contribution in [0.5, 0.6) is 0 Å². The number of carbonyl (C=O) groups is 1. The molecule has 0 aliphatic heterocycles. The van der Waals surface area contributed by atoms with Crippen LogP contribution in [-0.2, 0) is 13.0 Å². The number of nitrogens with two attached hydrogens (primary N) is 1.